The summed E-state index contributed by atoms with van der Waals surface area (Å²) >= 11 is 0. The number of anilines is 1. The standard InChI is InChI=1S/C24H30N2O3/c1-24(2,3)19-12-9-18(10-13-19)11-14-22(27)25-15-21-16-26(23(28)17-29-21)20-7-5-4-6-8-20/h4-10,12-13,21H,11,14-17H2,1-3H3,(H,25,27). The highest BCUT2D eigenvalue weighted by Crippen LogP contribution is 2.22. The van der Waals surface area contributed by atoms with Crippen LogP contribution in [0.25, 0.3) is 0 Å². The average Bonchev–Trinajstić information content (AvgIpc) is 2.72. The number of amides is 2. The van der Waals surface area contributed by atoms with Crippen LogP contribution >= 0.6 is 0 Å². The summed E-state index contributed by atoms with van der Waals surface area (Å²) < 4.78 is 5.59. The lowest BCUT2D eigenvalue weighted by Crippen LogP contribution is -2.50. The largest absolute Gasteiger partial charge is 0.365 e. The number of nitrogens with zero attached hydrogens (tertiary/aromatic N) is 1. The van der Waals surface area contributed by atoms with E-state index in [2.05, 4.69) is 50.4 Å². The van der Waals surface area contributed by atoms with Gasteiger partial charge in [-0.15, -0.1) is 0 Å². The number of morpholine rings is 1. The monoisotopic (exact) mass is 394 g/mol. The van der Waals surface area contributed by atoms with Gasteiger partial charge >= 0.3 is 0 Å². The maximum atomic E-state index is 12.3. The number of hydrogen-bond acceptors (Lipinski definition) is 3. The molecule has 154 valence electrons. The van der Waals surface area contributed by atoms with Crippen LogP contribution in [-0.4, -0.2) is 37.6 Å². The van der Waals surface area contributed by atoms with Gasteiger partial charge < -0.3 is 15.0 Å². The van der Waals surface area contributed by atoms with Crippen LogP contribution in [0.4, 0.5) is 5.69 Å². The summed E-state index contributed by atoms with van der Waals surface area (Å²) in [7, 11) is 0. The second kappa shape index (κ2) is 9.23. The number of para-hydroxylation sites is 1. The molecule has 1 saturated heterocycles. The summed E-state index contributed by atoms with van der Waals surface area (Å²) in [5, 5.41) is 2.94. The Hall–Kier alpha value is -2.66. The van der Waals surface area contributed by atoms with Gasteiger partial charge in [-0.1, -0.05) is 63.2 Å². The number of nitrogens with one attached hydrogen (secondary N) is 1. The van der Waals surface area contributed by atoms with Crippen LogP contribution in [0.2, 0.25) is 0 Å². The predicted octanol–water partition coefficient (Wildman–Crippen LogP) is 3.46. The molecule has 0 aliphatic carbocycles. The third-order valence-corrected chi connectivity index (χ3v) is 5.19. The average molecular weight is 395 g/mol. The molecule has 5 heteroatoms. The van der Waals surface area contributed by atoms with Gasteiger partial charge in [0, 0.05) is 18.7 Å². The predicted molar refractivity (Wildman–Crippen MR) is 115 cm³/mol. The second-order valence-corrected chi connectivity index (χ2v) is 8.52. The first-order valence-electron chi connectivity index (χ1n) is 10.2. The molecule has 29 heavy (non-hydrogen) atoms. The first-order chi connectivity index (χ1) is 13.8. The molecule has 3 rings (SSSR count). The third kappa shape index (κ3) is 5.91. The summed E-state index contributed by atoms with van der Waals surface area (Å²) in [4.78, 5) is 26.1. The highest BCUT2D eigenvalue weighted by molar-refractivity contribution is 5.95. The molecule has 2 aromatic carbocycles. The lowest BCUT2D eigenvalue weighted by atomic mass is 9.86. The van der Waals surface area contributed by atoms with Crippen molar-refractivity contribution in [2.45, 2.75) is 45.1 Å². The molecule has 0 bridgehead atoms. The van der Waals surface area contributed by atoms with Gasteiger partial charge in [-0.05, 0) is 35.1 Å². The van der Waals surface area contributed by atoms with Gasteiger partial charge in [-0.25, -0.2) is 0 Å². The zero-order valence-electron chi connectivity index (χ0n) is 17.5. The van der Waals surface area contributed by atoms with E-state index in [1.165, 1.54) is 5.56 Å². The fraction of sp³-hybridized carbons (Fsp3) is 0.417. The van der Waals surface area contributed by atoms with Gasteiger partial charge in [0.15, 0.2) is 0 Å². The Morgan fingerprint density at radius 1 is 1.10 bits per heavy atom. The van der Waals surface area contributed by atoms with E-state index in [4.69, 9.17) is 4.74 Å². The molecular weight excluding hydrogens is 364 g/mol. The zero-order valence-corrected chi connectivity index (χ0v) is 17.5. The van der Waals surface area contributed by atoms with E-state index in [0.29, 0.717) is 25.9 Å². The summed E-state index contributed by atoms with van der Waals surface area (Å²) in [6.45, 7) is 7.45. The highest BCUT2D eigenvalue weighted by Gasteiger charge is 2.27. The molecule has 2 aromatic rings. The minimum atomic E-state index is -0.206. The Labute approximate surface area is 173 Å². The molecule has 0 radical (unpaired) electrons. The van der Waals surface area contributed by atoms with E-state index >= 15 is 0 Å². The van der Waals surface area contributed by atoms with Crippen molar-refractivity contribution in [2.24, 2.45) is 0 Å². The zero-order chi connectivity index (χ0) is 20.9. The highest BCUT2D eigenvalue weighted by atomic mass is 16.5. The van der Waals surface area contributed by atoms with Crippen molar-refractivity contribution in [1.29, 1.82) is 0 Å². The van der Waals surface area contributed by atoms with Crippen molar-refractivity contribution in [3.63, 3.8) is 0 Å². The van der Waals surface area contributed by atoms with Crippen LogP contribution in [0.5, 0.6) is 0 Å². The summed E-state index contributed by atoms with van der Waals surface area (Å²) in [5.41, 5.74) is 3.43. The molecule has 0 saturated carbocycles. The molecule has 1 fully saturated rings. The fourth-order valence-electron chi connectivity index (χ4n) is 3.35. The number of hydrogen-bond donors (Lipinski definition) is 1. The van der Waals surface area contributed by atoms with E-state index < -0.39 is 0 Å². The minimum Gasteiger partial charge on any atom is -0.365 e. The number of ether oxygens (including phenoxy) is 1. The SMILES string of the molecule is CC(C)(C)c1ccc(CCC(=O)NCC2CN(c3ccccc3)C(=O)CO2)cc1. The Morgan fingerprint density at radius 2 is 1.79 bits per heavy atom. The number of rotatable bonds is 6. The third-order valence-electron chi connectivity index (χ3n) is 5.19. The van der Waals surface area contributed by atoms with Crippen molar-refractivity contribution in [2.75, 3.05) is 24.6 Å². The topological polar surface area (TPSA) is 58.6 Å². The maximum Gasteiger partial charge on any atom is 0.253 e. The number of aryl methyl sites for hydroxylation is 1. The van der Waals surface area contributed by atoms with E-state index in [0.717, 1.165) is 11.3 Å². The summed E-state index contributed by atoms with van der Waals surface area (Å²) in [5.74, 6) is -0.0610. The first-order valence-corrected chi connectivity index (χ1v) is 10.2. The number of carbonyl (C=O) groups excluding carboxylic acids is 2. The second-order valence-electron chi connectivity index (χ2n) is 8.52. The van der Waals surface area contributed by atoms with Crippen LogP contribution in [0.3, 0.4) is 0 Å². The molecule has 0 aromatic heterocycles. The van der Waals surface area contributed by atoms with Gasteiger partial charge in [0.2, 0.25) is 5.91 Å². The molecule has 1 unspecified atom stereocenters. The molecule has 2 amide bonds. The van der Waals surface area contributed by atoms with Gasteiger partial charge in [-0.2, -0.15) is 0 Å². The molecule has 1 N–H and O–H groups in total. The Kier molecular flexibility index (Phi) is 6.70. The first kappa shape index (κ1) is 21.1. The van der Waals surface area contributed by atoms with Crippen LogP contribution < -0.4 is 10.2 Å². The lowest BCUT2D eigenvalue weighted by molar-refractivity contribution is -0.129. The molecule has 1 aliphatic rings. The Bertz CT molecular complexity index is 825. The summed E-state index contributed by atoms with van der Waals surface area (Å²) in [6.07, 6.45) is 0.933. The quantitative estimate of drug-likeness (QED) is 0.816. The van der Waals surface area contributed by atoms with Crippen molar-refractivity contribution in [1.82, 2.24) is 5.32 Å². The number of benzene rings is 2. The van der Waals surface area contributed by atoms with E-state index in [-0.39, 0.29) is 29.9 Å². The molecule has 1 aliphatic heterocycles. The summed E-state index contributed by atoms with van der Waals surface area (Å²) in [6, 6.07) is 18.0. The van der Waals surface area contributed by atoms with Crippen molar-refractivity contribution in [3.8, 4) is 0 Å². The van der Waals surface area contributed by atoms with Crippen LogP contribution in [0, 0.1) is 0 Å². The van der Waals surface area contributed by atoms with Crippen molar-refractivity contribution >= 4 is 17.5 Å². The molecule has 1 atom stereocenters. The maximum absolute atomic E-state index is 12.3. The van der Waals surface area contributed by atoms with Gasteiger partial charge in [-0.3, -0.25) is 9.59 Å². The Balaban J connectivity index is 1.45. The lowest BCUT2D eigenvalue weighted by Gasteiger charge is -2.32. The molecule has 1 heterocycles. The van der Waals surface area contributed by atoms with Crippen LogP contribution in [0.15, 0.2) is 54.6 Å². The molecule has 0 spiro atoms. The van der Waals surface area contributed by atoms with Crippen LogP contribution in [-0.2, 0) is 26.2 Å². The van der Waals surface area contributed by atoms with E-state index in [9.17, 15) is 9.59 Å². The normalized spacial score (nSPS) is 17.3. The minimum absolute atomic E-state index is 0.00309. The fourth-order valence-corrected chi connectivity index (χ4v) is 3.35. The van der Waals surface area contributed by atoms with Gasteiger partial charge in [0.1, 0.15) is 6.61 Å². The molecule has 5 nitrogen and oxygen atoms in total. The van der Waals surface area contributed by atoms with Crippen molar-refractivity contribution < 1.29 is 14.3 Å². The smallest absolute Gasteiger partial charge is 0.253 e. The van der Waals surface area contributed by atoms with E-state index in [1.54, 1.807) is 4.90 Å². The van der Waals surface area contributed by atoms with Crippen LogP contribution in [0.1, 0.15) is 38.3 Å². The van der Waals surface area contributed by atoms with Gasteiger partial charge in [0.05, 0.1) is 12.6 Å². The Morgan fingerprint density at radius 3 is 2.45 bits per heavy atom. The van der Waals surface area contributed by atoms with Gasteiger partial charge in [0.25, 0.3) is 5.91 Å². The van der Waals surface area contributed by atoms with Crippen molar-refractivity contribution in [3.05, 3.63) is 65.7 Å². The molecular formula is C24H30N2O3. The van der Waals surface area contributed by atoms with E-state index in [1.807, 2.05) is 30.3 Å². The number of carbonyl (C=O) groups is 2.